The van der Waals surface area contributed by atoms with Gasteiger partial charge >= 0.3 is 5.97 Å². The Hall–Kier alpha value is -1.39. The van der Waals surface area contributed by atoms with Gasteiger partial charge in [0.1, 0.15) is 6.61 Å². The highest BCUT2D eigenvalue weighted by Crippen LogP contribution is 2.25. The Morgan fingerprint density at radius 2 is 2.00 bits per heavy atom. The average Bonchev–Trinajstić information content (AvgIpc) is 2.18. The van der Waals surface area contributed by atoms with Crippen molar-refractivity contribution in [3.8, 4) is 0 Å². The second kappa shape index (κ2) is 4.91. The second-order valence-electron chi connectivity index (χ2n) is 3.50. The second-order valence-corrected chi connectivity index (χ2v) is 3.50. The zero-order chi connectivity index (χ0) is 11.3. The molecule has 0 amide bonds. The fourth-order valence-electron chi connectivity index (χ4n) is 1.44. The predicted molar refractivity (Wildman–Crippen MR) is 55.7 cm³/mol. The maximum absolute atomic E-state index is 11.0. The van der Waals surface area contributed by atoms with E-state index in [1.807, 2.05) is 30.3 Å². The first kappa shape index (κ1) is 11.7. The SMILES string of the molecule is CC(=O)OC(C)(CON)c1ccccc1. The van der Waals surface area contributed by atoms with Crippen molar-refractivity contribution in [2.75, 3.05) is 6.61 Å². The number of carbonyl (C=O) groups excluding carboxylic acids is 1. The van der Waals surface area contributed by atoms with Crippen molar-refractivity contribution in [2.45, 2.75) is 19.4 Å². The minimum Gasteiger partial charge on any atom is -0.452 e. The molecule has 1 aromatic rings. The van der Waals surface area contributed by atoms with E-state index in [0.29, 0.717) is 0 Å². The summed E-state index contributed by atoms with van der Waals surface area (Å²) in [5.74, 6) is 4.67. The molecule has 0 radical (unpaired) electrons. The highest BCUT2D eigenvalue weighted by Gasteiger charge is 2.30. The van der Waals surface area contributed by atoms with E-state index in [9.17, 15) is 4.79 Å². The summed E-state index contributed by atoms with van der Waals surface area (Å²) in [6.07, 6.45) is 0. The first-order chi connectivity index (χ1) is 7.08. The normalized spacial score (nSPS) is 14.3. The summed E-state index contributed by atoms with van der Waals surface area (Å²) in [6.45, 7) is 3.24. The number of ether oxygens (including phenoxy) is 1. The Balaban J connectivity index is 2.95. The van der Waals surface area contributed by atoms with Gasteiger partial charge in [-0.3, -0.25) is 4.79 Å². The van der Waals surface area contributed by atoms with Crippen molar-refractivity contribution >= 4 is 5.97 Å². The summed E-state index contributed by atoms with van der Waals surface area (Å²) in [4.78, 5) is 15.6. The number of benzene rings is 1. The molecule has 0 fully saturated rings. The van der Waals surface area contributed by atoms with Gasteiger partial charge in [-0.25, -0.2) is 5.90 Å². The number of hydrogen-bond acceptors (Lipinski definition) is 4. The van der Waals surface area contributed by atoms with Gasteiger partial charge in [-0.2, -0.15) is 0 Å². The van der Waals surface area contributed by atoms with Gasteiger partial charge in [0.05, 0.1) is 0 Å². The topological polar surface area (TPSA) is 61.5 Å². The first-order valence-electron chi connectivity index (χ1n) is 4.65. The summed E-state index contributed by atoms with van der Waals surface area (Å²) in [5, 5.41) is 0. The molecule has 0 heterocycles. The molecule has 4 nitrogen and oxygen atoms in total. The van der Waals surface area contributed by atoms with Gasteiger partial charge in [-0.1, -0.05) is 30.3 Å². The minimum atomic E-state index is -0.832. The van der Waals surface area contributed by atoms with E-state index < -0.39 is 5.60 Å². The number of carbonyl (C=O) groups is 1. The third-order valence-electron chi connectivity index (χ3n) is 2.11. The van der Waals surface area contributed by atoms with Crippen molar-refractivity contribution in [1.29, 1.82) is 0 Å². The summed E-state index contributed by atoms with van der Waals surface area (Å²) in [7, 11) is 0. The molecule has 15 heavy (non-hydrogen) atoms. The van der Waals surface area contributed by atoms with Crippen LogP contribution >= 0.6 is 0 Å². The molecular formula is C11H15NO3. The highest BCUT2D eigenvalue weighted by molar-refractivity contribution is 5.66. The molecule has 0 saturated heterocycles. The molecule has 0 spiro atoms. The lowest BCUT2D eigenvalue weighted by molar-refractivity contribution is -0.163. The van der Waals surface area contributed by atoms with E-state index in [1.54, 1.807) is 6.92 Å². The molecule has 82 valence electrons. The van der Waals surface area contributed by atoms with Gasteiger partial charge in [0, 0.05) is 6.92 Å². The fourth-order valence-corrected chi connectivity index (χ4v) is 1.44. The molecule has 2 N–H and O–H groups in total. The monoisotopic (exact) mass is 209 g/mol. The molecule has 1 aromatic carbocycles. The van der Waals surface area contributed by atoms with Gasteiger partial charge in [0.25, 0.3) is 0 Å². The fraction of sp³-hybridized carbons (Fsp3) is 0.364. The Bertz CT molecular complexity index is 326. The van der Waals surface area contributed by atoms with Crippen molar-refractivity contribution < 1.29 is 14.4 Å². The van der Waals surface area contributed by atoms with Gasteiger partial charge in [-0.15, -0.1) is 0 Å². The smallest absolute Gasteiger partial charge is 0.303 e. The summed E-state index contributed by atoms with van der Waals surface area (Å²) >= 11 is 0. The van der Waals surface area contributed by atoms with Crippen LogP contribution in [0.5, 0.6) is 0 Å². The van der Waals surface area contributed by atoms with E-state index in [2.05, 4.69) is 4.84 Å². The van der Waals surface area contributed by atoms with E-state index in [4.69, 9.17) is 10.6 Å². The van der Waals surface area contributed by atoms with Crippen LogP contribution in [0.2, 0.25) is 0 Å². The molecule has 0 aliphatic rings. The lowest BCUT2D eigenvalue weighted by Crippen LogP contribution is -2.34. The Morgan fingerprint density at radius 3 is 2.47 bits per heavy atom. The number of rotatable bonds is 4. The summed E-state index contributed by atoms with van der Waals surface area (Å²) in [6, 6.07) is 9.35. The van der Waals surface area contributed by atoms with Crippen LogP contribution in [0.3, 0.4) is 0 Å². The van der Waals surface area contributed by atoms with Crippen LogP contribution in [0, 0.1) is 0 Å². The number of esters is 1. The third-order valence-corrected chi connectivity index (χ3v) is 2.11. The molecule has 1 rings (SSSR count). The average molecular weight is 209 g/mol. The van der Waals surface area contributed by atoms with Crippen LogP contribution in [0.15, 0.2) is 30.3 Å². The van der Waals surface area contributed by atoms with E-state index in [1.165, 1.54) is 6.92 Å². The van der Waals surface area contributed by atoms with Crippen LogP contribution in [-0.4, -0.2) is 12.6 Å². The standard InChI is InChI=1S/C11H15NO3/c1-9(13)15-11(2,8-14-12)10-6-4-3-5-7-10/h3-7H,8,12H2,1-2H3. The molecule has 1 unspecified atom stereocenters. The lowest BCUT2D eigenvalue weighted by atomic mass is 9.97. The summed E-state index contributed by atoms with van der Waals surface area (Å²) in [5.41, 5.74) is 0.0209. The molecule has 4 heteroatoms. The van der Waals surface area contributed by atoms with Crippen LogP contribution in [0.25, 0.3) is 0 Å². The van der Waals surface area contributed by atoms with Crippen LogP contribution in [0.4, 0.5) is 0 Å². The predicted octanol–water partition coefficient (Wildman–Crippen LogP) is 1.36. The van der Waals surface area contributed by atoms with E-state index >= 15 is 0 Å². The Labute approximate surface area is 88.9 Å². The van der Waals surface area contributed by atoms with E-state index in [0.717, 1.165) is 5.56 Å². The van der Waals surface area contributed by atoms with Crippen molar-refractivity contribution in [2.24, 2.45) is 5.90 Å². The summed E-state index contributed by atoms with van der Waals surface area (Å²) < 4.78 is 5.22. The number of nitrogens with two attached hydrogens (primary N) is 1. The number of hydrogen-bond donors (Lipinski definition) is 1. The van der Waals surface area contributed by atoms with Gasteiger partial charge in [-0.05, 0) is 12.5 Å². The Morgan fingerprint density at radius 1 is 1.40 bits per heavy atom. The van der Waals surface area contributed by atoms with E-state index in [-0.39, 0.29) is 12.6 Å². The minimum absolute atomic E-state index is 0.122. The molecule has 0 aromatic heterocycles. The third kappa shape index (κ3) is 3.04. The maximum atomic E-state index is 11.0. The largest absolute Gasteiger partial charge is 0.452 e. The molecule has 0 aliphatic heterocycles. The molecule has 1 atom stereocenters. The van der Waals surface area contributed by atoms with Crippen molar-refractivity contribution in [3.63, 3.8) is 0 Å². The van der Waals surface area contributed by atoms with Crippen molar-refractivity contribution in [1.82, 2.24) is 0 Å². The molecule has 0 bridgehead atoms. The highest BCUT2D eigenvalue weighted by atomic mass is 16.6. The van der Waals surface area contributed by atoms with Gasteiger partial charge in [0.15, 0.2) is 5.60 Å². The Kier molecular flexibility index (Phi) is 3.82. The molecular weight excluding hydrogens is 194 g/mol. The van der Waals surface area contributed by atoms with Gasteiger partial charge in [0.2, 0.25) is 0 Å². The molecule has 0 saturated carbocycles. The van der Waals surface area contributed by atoms with Gasteiger partial charge < -0.3 is 9.57 Å². The first-order valence-corrected chi connectivity index (χ1v) is 4.65. The van der Waals surface area contributed by atoms with Crippen LogP contribution in [-0.2, 0) is 20.0 Å². The zero-order valence-corrected chi connectivity index (χ0v) is 8.90. The van der Waals surface area contributed by atoms with Crippen molar-refractivity contribution in [3.05, 3.63) is 35.9 Å². The van der Waals surface area contributed by atoms with Crippen LogP contribution in [0.1, 0.15) is 19.4 Å². The quantitative estimate of drug-likeness (QED) is 0.600. The lowest BCUT2D eigenvalue weighted by Gasteiger charge is -2.28. The molecule has 0 aliphatic carbocycles. The maximum Gasteiger partial charge on any atom is 0.303 e. The van der Waals surface area contributed by atoms with Crippen LogP contribution < -0.4 is 5.90 Å². The zero-order valence-electron chi connectivity index (χ0n) is 8.90.